The van der Waals surface area contributed by atoms with Gasteiger partial charge in [0.15, 0.2) is 0 Å². The molecule has 50 heavy (non-hydrogen) atoms. The van der Waals surface area contributed by atoms with E-state index in [0.717, 1.165) is 4.90 Å². The number of hydrogen-bond donors (Lipinski definition) is 1. The zero-order valence-corrected chi connectivity index (χ0v) is 28.8. The standard InChI is InChI=1S/C32H51N3O15/c1-42-12-13-44-16-17-46-20-21-48-24-25-49-23-22-47-19-18-45-15-14-43-11-9-27(36)33-26(32(41)50-35-30(39)7-8-31(35)40)4-2-3-10-34-28(37)5-6-29(34)38/h5-6,26H,2-4,7-25H2,1H3,(H,33,36)/t26-/m0/s1. The molecule has 1 saturated heterocycles. The summed E-state index contributed by atoms with van der Waals surface area (Å²) < 4.78 is 42.7. The maximum Gasteiger partial charge on any atom is 0.355 e. The van der Waals surface area contributed by atoms with E-state index in [1.165, 1.54) is 12.2 Å². The van der Waals surface area contributed by atoms with E-state index in [1.54, 1.807) is 7.11 Å². The van der Waals surface area contributed by atoms with Gasteiger partial charge >= 0.3 is 5.97 Å². The number of carbonyl (C=O) groups excluding carboxylic acids is 6. The topological polar surface area (TPSA) is 204 Å². The summed E-state index contributed by atoms with van der Waals surface area (Å²) in [5, 5.41) is 2.97. The molecule has 1 fully saturated rings. The van der Waals surface area contributed by atoms with Gasteiger partial charge in [-0.15, -0.1) is 5.06 Å². The van der Waals surface area contributed by atoms with Crippen LogP contribution in [-0.4, -0.2) is 164 Å². The van der Waals surface area contributed by atoms with Crippen molar-refractivity contribution in [1.29, 1.82) is 0 Å². The molecule has 18 nitrogen and oxygen atoms in total. The SMILES string of the molecule is COCCOCCOCCOCCOCCOCCOCCOCCC(=O)N[C@@H](CCCCN1C(=O)C=CC1=O)C(=O)ON1C(=O)CCC1=O. The Morgan fingerprint density at radius 2 is 1.06 bits per heavy atom. The molecule has 0 saturated carbocycles. The highest BCUT2D eigenvalue weighted by molar-refractivity contribution is 6.12. The van der Waals surface area contributed by atoms with E-state index in [0.29, 0.717) is 97.2 Å². The van der Waals surface area contributed by atoms with Gasteiger partial charge in [-0.05, 0) is 19.3 Å². The molecule has 0 aliphatic carbocycles. The second-order valence-electron chi connectivity index (χ2n) is 10.8. The number of hydroxylamine groups is 2. The quantitative estimate of drug-likeness (QED) is 0.0677. The van der Waals surface area contributed by atoms with E-state index in [9.17, 15) is 28.8 Å². The molecule has 2 aliphatic rings. The molecule has 0 aromatic carbocycles. The number of nitrogens with zero attached hydrogens (tertiary/aromatic N) is 2. The number of ether oxygens (including phenoxy) is 8. The number of unbranched alkanes of at least 4 members (excludes halogenated alkanes) is 1. The Hall–Kier alpha value is -3.36. The number of imide groups is 2. The minimum Gasteiger partial charge on any atom is -0.382 e. The van der Waals surface area contributed by atoms with E-state index in [1.807, 2.05) is 0 Å². The lowest BCUT2D eigenvalue weighted by Crippen LogP contribution is -2.45. The maximum absolute atomic E-state index is 12.8. The maximum atomic E-state index is 12.8. The number of hydrogen-bond acceptors (Lipinski definition) is 15. The molecule has 1 N–H and O–H groups in total. The van der Waals surface area contributed by atoms with Crippen LogP contribution in [0, 0.1) is 0 Å². The first-order chi connectivity index (χ1) is 24.3. The van der Waals surface area contributed by atoms with E-state index >= 15 is 0 Å². The molecule has 1 atom stereocenters. The van der Waals surface area contributed by atoms with Gasteiger partial charge in [0.1, 0.15) is 6.04 Å². The van der Waals surface area contributed by atoms with Gasteiger partial charge in [0.25, 0.3) is 23.6 Å². The molecular weight excluding hydrogens is 666 g/mol. The Balaban J connectivity index is 1.46. The van der Waals surface area contributed by atoms with Crippen molar-refractivity contribution in [3.05, 3.63) is 12.2 Å². The Labute approximate surface area is 291 Å². The van der Waals surface area contributed by atoms with Gasteiger partial charge in [-0.25, -0.2) is 4.79 Å². The lowest BCUT2D eigenvalue weighted by atomic mass is 10.1. The molecule has 0 radical (unpaired) electrons. The van der Waals surface area contributed by atoms with Crippen molar-refractivity contribution in [3.63, 3.8) is 0 Å². The van der Waals surface area contributed by atoms with E-state index in [-0.39, 0.29) is 52.0 Å². The molecule has 18 heteroatoms. The first-order valence-corrected chi connectivity index (χ1v) is 16.8. The summed E-state index contributed by atoms with van der Waals surface area (Å²) >= 11 is 0. The fraction of sp³-hybridized carbons (Fsp3) is 0.750. The summed E-state index contributed by atoms with van der Waals surface area (Å²) in [6.45, 7) is 6.29. The van der Waals surface area contributed by atoms with E-state index in [2.05, 4.69) is 5.32 Å². The van der Waals surface area contributed by atoms with Crippen LogP contribution in [0.3, 0.4) is 0 Å². The number of methoxy groups -OCH3 is 1. The zero-order valence-electron chi connectivity index (χ0n) is 28.8. The molecule has 2 heterocycles. The second-order valence-corrected chi connectivity index (χ2v) is 10.8. The number of nitrogens with one attached hydrogen (secondary N) is 1. The predicted molar refractivity (Wildman–Crippen MR) is 171 cm³/mol. The predicted octanol–water partition coefficient (Wildman–Crippen LogP) is -0.674. The molecule has 0 aromatic rings. The van der Waals surface area contributed by atoms with Crippen molar-refractivity contribution < 1.29 is 71.5 Å². The van der Waals surface area contributed by atoms with E-state index < -0.39 is 41.5 Å². The summed E-state index contributed by atoms with van der Waals surface area (Å²) in [6, 6.07) is -1.16. The van der Waals surface area contributed by atoms with Crippen molar-refractivity contribution in [2.75, 3.05) is 113 Å². The van der Waals surface area contributed by atoms with Crippen LogP contribution in [0.4, 0.5) is 0 Å². The fourth-order valence-corrected chi connectivity index (χ4v) is 4.33. The summed E-state index contributed by atoms with van der Waals surface area (Å²) in [6.07, 6.45) is 2.94. The fourth-order valence-electron chi connectivity index (χ4n) is 4.33. The Morgan fingerprint density at radius 1 is 0.640 bits per heavy atom. The summed E-state index contributed by atoms with van der Waals surface area (Å²) in [5.74, 6) is -3.60. The minimum atomic E-state index is -1.16. The van der Waals surface area contributed by atoms with Gasteiger partial charge in [0.2, 0.25) is 5.91 Å². The van der Waals surface area contributed by atoms with Crippen LogP contribution in [0.5, 0.6) is 0 Å². The molecule has 0 aromatic heterocycles. The molecule has 5 amide bonds. The van der Waals surface area contributed by atoms with Crippen LogP contribution in [-0.2, 0) is 71.5 Å². The highest BCUT2D eigenvalue weighted by Crippen LogP contribution is 2.15. The van der Waals surface area contributed by atoms with Crippen molar-refractivity contribution in [2.24, 2.45) is 0 Å². The average molecular weight is 718 g/mol. The summed E-state index contributed by atoms with van der Waals surface area (Å²) in [5.41, 5.74) is 0. The van der Waals surface area contributed by atoms with Crippen LogP contribution in [0.1, 0.15) is 38.5 Å². The molecular formula is C32H51N3O15. The van der Waals surface area contributed by atoms with Crippen molar-refractivity contribution in [1.82, 2.24) is 15.3 Å². The Bertz CT molecular complexity index is 1040. The monoisotopic (exact) mass is 717 g/mol. The number of amides is 5. The lowest BCUT2D eigenvalue weighted by molar-refractivity contribution is -0.199. The molecule has 0 spiro atoms. The minimum absolute atomic E-state index is 0.0566. The van der Waals surface area contributed by atoms with Gasteiger partial charge in [-0.3, -0.25) is 28.9 Å². The van der Waals surface area contributed by atoms with Crippen LogP contribution < -0.4 is 5.32 Å². The summed E-state index contributed by atoms with van der Waals surface area (Å²) in [7, 11) is 1.62. The molecule has 284 valence electrons. The molecule has 2 rings (SSSR count). The third-order valence-electron chi connectivity index (χ3n) is 6.97. The van der Waals surface area contributed by atoms with Crippen LogP contribution in [0.25, 0.3) is 0 Å². The van der Waals surface area contributed by atoms with Crippen molar-refractivity contribution in [3.8, 4) is 0 Å². The van der Waals surface area contributed by atoms with Crippen molar-refractivity contribution >= 4 is 35.5 Å². The van der Waals surface area contributed by atoms with Crippen LogP contribution in [0.15, 0.2) is 12.2 Å². The third-order valence-corrected chi connectivity index (χ3v) is 6.97. The van der Waals surface area contributed by atoms with Gasteiger partial charge in [0.05, 0.1) is 99.1 Å². The average Bonchev–Trinajstić information content (AvgIpc) is 3.60. The number of carbonyl (C=O) groups is 6. The third kappa shape index (κ3) is 19.1. The van der Waals surface area contributed by atoms with Gasteiger partial charge in [-0.1, -0.05) is 0 Å². The van der Waals surface area contributed by atoms with Gasteiger partial charge in [0, 0.05) is 45.1 Å². The van der Waals surface area contributed by atoms with Gasteiger partial charge in [-0.2, -0.15) is 0 Å². The first-order valence-electron chi connectivity index (χ1n) is 16.8. The van der Waals surface area contributed by atoms with Crippen LogP contribution in [0.2, 0.25) is 0 Å². The smallest absolute Gasteiger partial charge is 0.355 e. The highest BCUT2D eigenvalue weighted by atomic mass is 16.7. The molecule has 0 bridgehead atoms. The molecule has 0 unspecified atom stereocenters. The molecule has 2 aliphatic heterocycles. The van der Waals surface area contributed by atoms with Crippen molar-refractivity contribution in [2.45, 2.75) is 44.6 Å². The normalized spacial score (nSPS) is 15.1. The Kier molecular flexibility index (Phi) is 23.4. The lowest BCUT2D eigenvalue weighted by Gasteiger charge is -2.20. The van der Waals surface area contributed by atoms with E-state index in [4.69, 9.17) is 42.7 Å². The van der Waals surface area contributed by atoms with Crippen LogP contribution >= 0.6 is 0 Å². The number of rotatable bonds is 32. The Morgan fingerprint density at radius 3 is 1.50 bits per heavy atom. The summed E-state index contributed by atoms with van der Waals surface area (Å²) in [4.78, 5) is 78.6. The first kappa shape index (κ1) is 42.8. The van der Waals surface area contributed by atoms with Gasteiger partial charge < -0.3 is 48.0 Å². The largest absolute Gasteiger partial charge is 0.382 e. The highest BCUT2D eigenvalue weighted by Gasteiger charge is 2.35. The zero-order chi connectivity index (χ0) is 36.2. The second kappa shape index (κ2) is 27.4.